The first-order valence-electron chi connectivity index (χ1n) is 4.82. The molecule has 80 valence electrons. The van der Waals surface area contributed by atoms with Crippen molar-refractivity contribution in [2.45, 2.75) is 0 Å². The molecule has 1 aromatic heterocycles. The number of aromatic nitrogens is 2. The molecular formula is C12H10N2O2. The number of carbonyl (C=O) groups is 1. The van der Waals surface area contributed by atoms with E-state index < -0.39 is 0 Å². The number of carbonyl (C=O) groups excluding carboxylic acids is 1. The molecule has 16 heavy (non-hydrogen) atoms. The highest BCUT2D eigenvalue weighted by Crippen LogP contribution is 2.08. The van der Waals surface area contributed by atoms with Crippen LogP contribution in [-0.2, 0) is 0 Å². The van der Waals surface area contributed by atoms with Crippen molar-refractivity contribution in [3.05, 3.63) is 54.6 Å². The van der Waals surface area contributed by atoms with Crippen molar-refractivity contribution in [1.82, 2.24) is 9.97 Å². The average Bonchev–Trinajstić information content (AvgIpc) is 2.38. The molecule has 4 heteroatoms. The number of ether oxygens (including phenoxy) is 1. The predicted molar refractivity (Wildman–Crippen MR) is 58.3 cm³/mol. The van der Waals surface area contributed by atoms with Crippen molar-refractivity contribution >= 4 is 5.78 Å². The molecule has 0 fully saturated rings. The molecule has 1 heterocycles. The van der Waals surface area contributed by atoms with Gasteiger partial charge in [-0.2, -0.15) is 0 Å². The fraction of sp³-hybridized carbons (Fsp3) is 0.0833. The highest BCUT2D eigenvalue weighted by molar-refractivity contribution is 5.96. The molecule has 0 aliphatic rings. The van der Waals surface area contributed by atoms with Crippen molar-refractivity contribution in [1.29, 1.82) is 0 Å². The van der Waals surface area contributed by atoms with E-state index in [0.29, 0.717) is 11.3 Å². The summed E-state index contributed by atoms with van der Waals surface area (Å²) in [7, 11) is 0. The summed E-state index contributed by atoms with van der Waals surface area (Å²) in [6, 6.07) is 9.19. The van der Waals surface area contributed by atoms with E-state index in [1.165, 1.54) is 18.7 Å². The van der Waals surface area contributed by atoms with Gasteiger partial charge in [-0.15, -0.1) is 0 Å². The van der Waals surface area contributed by atoms with Crippen LogP contribution in [0.2, 0.25) is 0 Å². The lowest BCUT2D eigenvalue weighted by Gasteiger charge is -2.04. The number of Topliss-reactive ketones (excluding diaryl/α,β-unsaturated/α-hetero) is 1. The SMILES string of the molecule is O=C(COc1ccccc1)c1cncnc1. The minimum absolute atomic E-state index is 0.00259. The highest BCUT2D eigenvalue weighted by Gasteiger charge is 2.06. The minimum Gasteiger partial charge on any atom is -0.485 e. The van der Waals surface area contributed by atoms with Crippen molar-refractivity contribution in [2.24, 2.45) is 0 Å². The summed E-state index contributed by atoms with van der Waals surface area (Å²) in [5, 5.41) is 0. The molecular weight excluding hydrogens is 204 g/mol. The summed E-state index contributed by atoms with van der Waals surface area (Å²) in [4.78, 5) is 19.2. The number of rotatable bonds is 4. The number of ketones is 1. The molecule has 0 amide bonds. The van der Waals surface area contributed by atoms with Gasteiger partial charge in [0.05, 0.1) is 5.56 Å². The summed E-state index contributed by atoms with van der Waals surface area (Å²) in [6.07, 6.45) is 4.34. The van der Waals surface area contributed by atoms with Crippen LogP contribution in [0.15, 0.2) is 49.1 Å². The molecule has 4 nitrogen and oxygen atoms in total. The van der Waals surface area contributed by atoms with Crippen LogP contribution in [0.4, 0.5) is 0 Å². The molecule has 0 bridgehead atoms. The Morgan fingerprint density at radius 1 is 1.12 bits per heavy atom. The zero-order valence-corrected chi connectivity index (χ0v) is 8.54. The Balaban J connectivity index is 1.95. The first kappa shape index (κ1) is 10.3. The summed E-state index contributed by atoms with van der Waals surface area (Å²) >= 11 is 0. The van der Waals surface area contributed by atoms with Gasteiger partial charge in [-0.1, -0.05) is 18.2 Å². The molecule has 2 aromatic rings. The van der Waals surface area contributed by atoms with Gasteiger partial charge in [-0.05, 0) is 12.1 Å². The first-order chi connectivity index (χ1) is 7.86. The van der Waals surface area contributed by atoms with Gasteiger partial charge in [0.25, 0.3) is 0 Å². The number of nitrogens with zero attached hydrogens (tertiary/aromatic N) is 2. The molecule has 1 aromatic carbocycles. The molecule has 0 spiro atoms. The lowest BCUT2D eigenvalue weighted by atomic mass is 10.2. The predicted octanol–water partition coefficient (Wildman–Crippen LogP) is 1.74. The van der Waals surface area contributed by atoms with E-state index in [2.05, 4.69) is 9.97 Å². The molecule has 0 radical (unpaired) electrons. The summed E-state index contributed by atoms with van der Waals surface area (Å²) in [6.45, 7) is -0.00259. The third kappa shape index (κ3) is 2.63. The first-order valence-corrected chi connectivity index (χ1v) is 4.82. The van der Waals surface area contributed by atoms with Crippen molar-refractivity contribution in [3.8, 4) is 5.75 Å². The largest absolute Gasteiger partial charge is 0.485 e. The van der Waals surface area contributed by atoms with E-state index >= 15 is 0 Å². The average molecular weight is 214 g/mol. The molecule has 0 atom stereocenters. The van der Waals surface area contributed by atoms with Gasteiger partial charge in [-0.25, -0.2) is 9.97 Å². The Bertz CT molecular complexity index is 457. The molecule has 0 saturated carbocycles. The Hall–Kier alpha value is -2.23. The molecule has 0 N–H and O–H groups in total. The van der Waals surface area contributed by atoms with Gasteiger partial charge in [0.15, 0.2) is 6.61 Å². The van der Waals surface area contributed by atoms with Crippen molar-refractivity contribution < 1.29 is 9.53 Å². The molecule has 0 unspecified atom stereocenters. The monoisotopic (exact) mass is 214 g/mol. The minimum atomic E-state index is -0.135. The standard InChI is InChI=1S/C12H10N2O2/c15-12(10-6-13-9-14-7-10)8-16-11-4-2-1-3-5-11/h1-7,9H,8H2. The van der Waals surface area contributed by atoms with Crippen LogP contribution in [-0.4, -0.2) is 22.4 Å². The number of benzene rings is 1. The van der Waals surface area contributed by atoms with E-state index in [1.807, 2.05) is 18.2 Å². The molecule has 2 rings (SSSR count). The van der Waals surface area contributed by atoms with Gasteiger partial charge < -0.3 is 4.74 Å². The van der Waals surface area contributed by atoms with Crippen LogP contribution in [0.1, 0.15) is 10.4 Å². The Labute approximate surface area is 92.9 Å². The third-order valence-electron chi connectivity index (χ3n) is 2.00. The topological polar surface area (TPSA) is 52.1 Å². The lowest BCUT2D eigenvalue weighted by molar-refractivity contribution is 0.0921. The molecule has 0 aliphatic heterocycles. The van der Waals surface area contributed by atoms with E-state index in [9.17, 15) is 4.79 Å². The van der Waals surface area contributed by atoms with Gasteiger partial charge in [0.2, 0.25) is 5.78 Å². The van der Waals surface area contributed by atoms with Crippen LogP contribution in [0.3, 0.4) is 0 Å². The number of para-hydroxylation sites is 1. The Morgan fingerprint density at radius 3 is 2.50 bits per heavy atom. The van der Waals surface area contributed by atoms with E-state index in [0.717, 1.165) is 0 Å². The van der Waals surface area contributed by atoms with Gasteiger partial charge in [-0.3, -0.25) is 4.79 Å². The normalized spacial score (nSPS) is 9.75. The van der Waals surface area contributed by atoms with Gasteiger partial charge in [0, 0.05) is 12.4 Å². The van der Waals surface area contributed by atoms with Gasteiger partial charge in [0.1, 0.15) is 12.1 Å². The van der Waals surface area contributed by atoms with Crippen molar-refractivity contribution in [3.63, 3.8) is 0 Å². The van der Waals surface area contributed by atoms with Crippen LogP contribution in [0.5, 0.6) is 5.75 Å². The maximum absolute atomic E-state index is 11.6. The fourth-order valence-corrected chi connectivity index (χ4v) is 1.19. The Morgan fingerprint density at radius 2 is 1.81 bits per heavy atom. The molecule has 0 aliphatic carbocycles. The lowest BCUT2D eigenvalue weighted by Crippen LogP contribution is -2.11. The highest BCUT2D eigenvalue weighted by atomic mass is 16.5. The second-order valence-corrected chi connectivity index (χ2v) is 3.15. The van der Waals surface area contributed by atoms with Crippen LogP contribution in [0.25, 0.3) is 0 Å². The van der Waals surface area contributed by atoms with Crippen LogP contribution < -0.4 is 4.74 Å². The zero-order chi connectivity index (χ0) is 11.2. The molecule has 0 saturated heterocycles. The summed E-state index contributed by atoms with van der Waals surface area (Å²) in [5.41, 5.74) is 0.457. The van der Waals surface area contributed by atoms with Crippen LogP contribution in [0, 0.1) is 0 Å². The van der Waals surface area contributed by atoms with Crippen molar-refractivity contribution in [2.75, 3.05) is 6.61 Å². The van der Waals surface area contributed by atoms with Crippen LogP contribution >= 0.6 is 0 Å². The number of hydrogen-bond acceptors (Lipinski definition) is 4. The third-order valence-corrected chi connectivity index (χ3v) is 2.00. The quantitative estimate of drug-likeness (QED) is 0.727. The summed E-state index contributed by atoms with van der Waals surface area (Å²) in [5.74, 6) is 0.539. The second-order valence-electron chi connectivity index (χ2n) is 3.15. The van der Waals surface area contributed by atoms with E-state index in [-0.39, 0.29) is 12.4 Å². The zero-order valence-electron chi connectivity index (χ0n) is 8.54. The smallest absolute Gasteiger partial charge is 0.203 e. The number of hydrogen-bond donors (Lipinski definition) is 0. The van der Waals surface area contributed by atoms with Gasteiger partial charge >= 0.3 is 0 Å². The second kappa shape index (κ2) is 5.02. The Kier molecular flexibility index (Phi) is 3.23. The maximum Gasteiger partial charge on any atom is 0.203 e. The maximum atomic E-state index is 11.6. The van der Waals surface area contributed by atoms with E-state index in [4.69, 9.17) is 4.74 Å². The fourth-order valence-electron chi connectivity index (χ4n) is 1.19. The van der Waals surface area contributed by atoms with E-state index in [1.54, 1.807) is 12.1 Å². The summed E-state index contributed by atoms with van der Waals surface area (Å²) < 4.78 is 5.32.